The Kier molecular flexibility index (Phi) is 5.79. The lowest BCUT2D eigenvalue weighted by molar-refractivity contribution is 0.306. The molecule has 0 unspecified atom stereocenters. The van der Waals surface area contributed by atoms with E-state index in [1.54, 1.807) is 12.1 Å². The van der Waals surface area contributed by atoms with E-state index in [1.165, 1.54) is 12.1 Å². The topological polar surface area (TPSA) is 21.3 Å². The van der Waals surface area contributed by atoms with Crippen LogP contribution in [-0.2, 0) is 13.2 Å². The van der Waals surface area contributed by atoms with Gasteiger partial charge in [-0.2, -0.15) is 0 Å². The summed E-state index contributed by atoms with van der Waals surface area (Å²) in [4.78, 5) is 0. The fraction of sp³-hybridized carbons (Fsp3) is 0.100. The fourth-order valence-electron chi connectivity index (χ4n) is 2.31. The number of rotatable bonds is 6. The summed E-state index contributed by atoms with van der Waals surface area (Å²) in [6.45, 7) is 0.929. The molecule has 0 radical (unpaired) electrons. The highest BCUT2D eigenvalue weighted by atomic mass is 35.5. The van der Waals surface area contributed by atoms with Crippen molar-refractivity contribution in [2.24, 2.45) is 0 Å². The van der Waals surface area contributed by atoms with Gasteiger partial charge in [0.2, 0.25) is 0 Å². The number of hydrogen-bond donors (Lipinski definition) is 1. The normalized spacial score (nSPS) is 10.5. The highest BCUT2D eigenvalue weighted by molar-refractivity contribution is 6.33. The van der Waals surface area contributed by atoms with Crippen molar-refractivity contribution in [2.45, 2.75) is 13.2 Å². The maximum Gasteiger partial charge on any atom is 0.138 e. The first-order valence-electron chi connectivity index (χ1n) is 7.76. The van der Waals surface area contributed by atoms with Crippen LogP contribution in [-0.4, -0.2) is 0 Å². The predicted molar refractivity (Wildman–Crippen MR) is 101 cm³/mol. The third-order valence-corrected chi connectivity index (χ3v) is 4.29. The molecule has 25 heavy (non-hydrogen) atoms. The first kappa shape index (κ1) is 17.6. The van der Waals surface area contributed by atoms with E-state index >= 15 is 0 Å². The van der Waals surface area contributed by atoms with Crippen LogP contribution in [0.25, 0.3) is 0 Å². The molecule has 3 aromatic carbocycles. The second kappa shape index (κ2) is 8.24. The summed E-state index contributed by atoms with van der Waals surface area (Å²) >= 11 is 12.4. The van der Waals surface area contributed by atoms with Crippen LogP contribution in [0.1, 0.15) is 11.1 Å². The molecule has 5 heteroatoms. The smallest absolute Gasteiger partial charge is 0.138 e. The lowest BCUT2D eigenvalue weighted by Gasteiger charge is -2.11. The van der Waals surface area contributed by atoms with Gasteiger partial charge in [0.05, 0.1) is 15.7 Å². The van der Waals surface area contributed by atoms with Crippen molar-refractivity contribution >= 4 is 28.9 Å². The van der Waals surface area contributed by atoms with Gasteiger partial charge in [0.1, 0.15) is 18.2 Å². The van der Waals surface area contributed by atoms with Crippen LogP contribution in [0, 0.1) is 5.82 Å². The molecule has 0 aliphatic rings. The Balaban J connectivity index is 1.60. The van der Waals surface area contributed by atoms with Gasteiger partial charge in [0, 0.05) is 6.54 Å². The first-order valence-corrected chi connectivity index (χ1v) is 8.51. The zero-order chi connectivity index (χ0) is 17.6. The molecule has 0 aliphatic carbocycles. The molecule has 0 heterocycles. The fourth-order valence-corrected chi connectivity index (χ4v) is 2.78. The molecule has 2 nitrogen and oxygen atoms in total. The molecule has 0 aliphatic heterocycles. The number of hydrogen-bond acceptors (Lipinski definition) is 2. The number of anilines is 1. The van der Waals surface area contributed by atoms with Gasteiger partial charge in [-0.3, -0.25) is 0 Å². The van der Waals surface area contributed by atoms with Gasteiger partial charge >= 0.3 is 0 Å². The van der Waals surface area contributed by atoms with E-state index in [0.717, 1.165) is 16.8 Å². The third kappa shape index (κ3) is 4.88. The van der Waals surface area contributed by atoms with Crippen LogP contribution in [0.2, 0.25) is 10.0 Å². The predicted octanol–water partition coefficient (Wildman–Crippen LogP) is 6.32. The van der Waals surface area contributed by atoms with Crippen molar-refractivity contribution in [3.05, 3.63) is 93.7 Å². The second-order valence-corrected chi connectivity index (χ2v) is 6.33. The van der Waals surface area contributed by atoms with Gasteiger partial charge in [-0.05, 0) is 47.5 Å². The number of nitrogens with one attached hydrogen (secondary N) is 1. The number of para-hydroxylation sites is 1. The summed E-state index contributed by atoms with van der Waals surface area (Å²) in [5.41, 5.74) is 2.76. The summed E-state index contributed by atoms with van der Waals surface area (Å²) in [6, 6.07) is 19.4. The van der Waals surface area contributed by atoms with Gasteiger partial charge in [0.25, 0.3) is 0 Å². The second-order valence-electron chi connectivity index (χ2n) is 5.51. The maximum absolute atomic E-state index is 12.9. The monoisotopic (exact) mass is 375 g/mol. The average molecular weight is 376 g/mol. The zero-order valence-corrected chi connectivity index (χ0v) is 14.8. The van der Waals surface area contributed by atoms with Crippen molar-refractivity contribution in [2.75, 3.05) is 5.32 Å². The highest BCUT2D eigenvalue weighted by Gasteiger charge is 2.05. The molecule has 0 fully saturated rings. The lowest BCUT2D eigenvalue weighted by Crippen LogP contribution is -2.01. The molecule has 0 spiro atoms. The Morgan fingerprint density at radius 1 is 0.840 bits per heavy atom. The molecule has 0 aromatic heterocycles. The van der Waals surface area contributed by atoms with Crippen LogP contribution in [0.15, 0.2) is 66.7 Å². The Labute approximate surface area is 156 Å². The van der Waals surface area contributed by atoms with Crippen molar-refractivity contribution in [3.8, 4) is 5.75 Å². The van der Waals surface area contributed by atoms with E-state index in [4.69, 9.17) is 27.9 Å². The first-order chi connectivity index (χ1) is 12.1. The van der Waals surface area contributed by atoms with Crippen LogP contribution in [0.5, 0.6) is 5.75 Å². The molecular formula is C20H16Cl2FNO. The summed E-state index contributed by atoms with van der Waals surface area (Å²) in [6.07, 6.45) is 0. The Morgan fingerprint density at radius 3 is 2.28 bits per heavy atom. The molecule has 0 atom stereocenters. The van der Waals surface area contributed by atoms with E-state index < -0.39 is 0 Å². The van der Waals surface area contributed by atoms with Crippen molar-refractivity contribution in [1.29, 1.82) is 0 Å². The molecule has 0 saturated carbocycles. The summed E-state index contributed by atoms with van der Waals surface area (Å²) in [7, 11) is 0. The van der Waals surface area contributed by atoms with Crippen LogP contribution >= 0.6 is 23.2 Å². The van der Waals surface area contributed by atoms with E-state index in [2.05, 4.69) is 5.32 Å². The van der Waals surface area contributed by atoms with Gasteiger partial charge in [-0.15, -0.1) is 0 Å². The minimum absolute atomic E-state index is 0.267. The number of ether oxygens (including phenoxy) is 1. The number of benzene rings is 3. The zero-order valence-electron chi connectivity index (χ0n) is 13.3. The minimum Gasteiger partial charge on any atom is -0.487 e. The molecule has 0 bridgehead atoms. The van der Waals surface area contributed by atoms with Crippen LogP contribution in [0.4, 0.5) is 10.1 Å². The maximum atomic E-state index is 12.9. The van der Waals surface area contributed by atoms with Gasteiger partial charge in [0.15, 0.2) is 0 Å². The van der Waals surface area contributed by atoms with E-state index in [9.17, 15) is 4.39 Å². The van der Waals surface area contributed by atoms with Crippen LogP contribution < -0.4 is 10.1 Å². The largest absolute Gasteiger partial charge is 0.487 e. The third-order valence-electron chi connectivity index (χ3n) is 3.66. The van der Waals surface area contributed by atoms with E-state index in [-0.39, 0.29) is 5.82 Å². The van der Waals surface area contributed by atoms with Gasteiger partial charge < -0.3 is 10.1 Å². The summed E-state index contributed by atoms with van der Waals surface area (Å²) < 4.78 is 18.6. The summed E-state index contributed by atoms with van der Waals surface area (Å²) in [5, 5.41) is 4.47. The molecule has 1 N–H and O–H groups in total. The SMILES string of the molecule is Fc1ccc(COc2ccc(CNc3ccccc3Cl)cc2Cl)cc1. The van der Waals surface area contributed by atoms with Gasteiger partial charge in [-0.1, -0.05) is 53.5 Å². The number of halogens is 3. The van der Waals surface area contributed by atoms with Crippen molar-refractivity contribution in [1.82, 2.24) is 0 Å². The standard InChI is InChI=1S/C20H16Cl2FNO/c21-17-3-1-2-4-19(17)24-12-15-7-10-20(18(22)11-15)25-13-14-5-8-16(23)9-6-14/h1-11,24H,12-13H2. The Morgan fingerprint density at radius 2 is 1.56 bits per heavy atom. The van der Waals surface area contributed by atoms with E-state index in [0.29, 0.717) is 28.9 Å². The molecule has 0 amide bonds. The molecule has 128 valence electrons. The summed E-state index contributed by atoms with van der Waals surface area (Å²) in [5.74, 6) is 0.324. The molecule has 3 aromatic rings. The average Bonchev–Trinajstić information content (AvgIpc) is 2.62. The molecule has 3 rings (SSSR count). The molecular weight excluding hydrogens is 360 g/mol. The van der Waals surface area contributed by atoms with E-state index in [1.807, 2.05) is 42.5 Å². The molecule has 0 saturated heterocycles. The van der Waals surface area contributed by atoms with Crippen molar-refractivity contribution in [3.63, 3.8) is 0 Å². The van der Waals surface area contributed by atoms with Crippen molar-refractivity contribution < 1.29 is 9.13 Å². The Bertz CT molecular complexity index is 853. The Hall–Kier alpha value is -2.23. The van der Waals surface area contributed by atoms with Crippen LogP contribution in [0.3, 0.4) is 0 Å². The highest BCUT2D eigenvalue weighted by Crippen LogP contribution is 2.27. The minimum atomic E-state index is -0.267. The quantitative estimate of drug-likeness (QED) is 0.543. The van der Waals surface area contributed by atoms with Gasteiger partial charge in [-0.25, -0.2) is 4.39 Å². The lowest BCUT2D eigenvalue weighted by atomic mass is 10.2.